The van der Waals surface area contributed by atoms with Crippen LogP contribution in [0.4, 0.5) is 0 Å². The Labute approximate surface area is 113 Å². The summed E-state index contributed by atoms with van der Waals surface area (Å²) in [5.41, 5.74) is 7.33. The first-order chi connectivity index (χ1) is 9.11. The molecule has 0 spiro atoms. The van der Waals surface area contributed by atoms with Gasteiger partial charge in [0.25, 0.3) is 0 Å². The number of aryl methyl sites for hydroxylation is 4. The maximum absolute atomic E-state index is 5.69. The number of nitrogens with one attached hydrogen (secondary N) is 1. The van der Waals surface area contributed by atoms with Crippen molar-refractivity contribution in [1.82, 2.24) is 20.2 Å². The minimum atomic E-state index is 0.114. The topological polar surface area (TPSA) is 68.8 Å². The second kappa shape index (κ2) is 5.95. The van der Waals surface area contributed by atoms with Gasteiger partial charge in [-0.25, -0.2) is 0 Å². The smallest absolute Gasteiger partial charge is 0.0492 e. The molecule has 1 unspecified atom stereocenters. The van der Waals surface area contributed by atoms with Crippen LogP contribution in [0.5, 0.6) is 0 Å². The van der Waals surface area contributed by atoms with Crippen LogP contribution < -0.4 is 11.3 Å². The normalized spacial score (nSPS) is 12.6. The van der Waals surface area contributed by atoms with E-state index in [0.717, 1.165) is 29.8 Å². The molecule has 102 valence electrons. The van der Waals surface area contributed by atoms with Gasteiger partial charge < -0.3 is 0 Å². The Morgan fingerprint density at radius 1 is 1.32 bits per heavy atom. The molecule has 0 saturated heterocycles. The fraction of sp³-hybridized carbons (Fsp3) is 0.429. The van der Waals surface area contributed by atoms with Crippen LogP contribution in [-0.4, -0.2) is 14.8 Å². The molecule has 5 nitrogen and oxygen atoms in total. The molecule has 5 heteroatoms. The van der Waals surface area contributed by atoms with Crippen LogP contribution >= 0.6 is 0 Å². The second-order valence-corrected chi connectivity index (χ2v) is 4.83. The summed E-state index contributed by atoms with van der Waals surface area (Å²) in [7, 11) is 1.96. The van der Waals surface area contributed by atoms with Crippen LogP contribution in [0.15, 0.2) is 24.4 Å². The van der Waals surface area contributed by atoms with E-state index in [1.165, 1.54) is 5.69 Å². The maximum Gasteiger partial charge on any atom is 0.0492 e. The number of nitrogens with two attached hydrogens (primary N) is 1. The average Bonchev–Trinajstić information content (AvgIpc) is 2.78. The number of pyridine rings is 1. The van der Waals surface area contributed by atoms with Crippen molar-refractivity contribution in [2.45, 2.75) is 32.7 Å². The SMILES string of the molecule is Cc1ccc(C(CCc2ccnn2C)NN)c(C)n1. The van der Waals surface area contributed by atoms with E-state index in [2.05, 4.69) is 21.6 Å². The highest BCUT2D eigenvalue weighted by molar-refractivity contribution is 5.25. The summed E-state index contributed by atoms with van der Waals surface area (Å²) < 4.78 is 1.90. The van der Waals surface area contributed by atoms with Crippen LogP contribution in [0.2, 0.25) is 0 Å². The van der Waals surface area contributed by atoms with Gasteiger partial charge in [-0.1, -0.05) is 6.07 Å². The molecule has 3 N–H and O–H groups in total. The lowest BCUT2D eigenvalue weighted by atomic mass is 10.00. The molecule has 0 fully saturated rings. The van der Waals surface area contributed by atoms with Crippen LogP contribution in [0.25, 0.3) is 0 Å². The Morgan fingerprint density at radius 3 is 2.68 bits per heavy atom. The lowest BCUT2D eigenvalue weighted by Crippen LogP contribution is -2.29. The molecule has 19 heavy (non-hydrogen) atoms. The summed E-state index contributed by atoms with van der Waals surface area (Å²) >= 11 is 0. The van der Waals surface area contributed by atoms with Crippen molar-refractivity contribution in [3.63, 3.8) is 0 Å². The molecule has 0 aliphatic heterocycles. The molecular formula is C14H21N5. The van der Waals surface area contributed by atoms with Crippen molar-refractivity contribution in [3.05, 3.63) is 47.0 Å². The molecule has 2 rings (SSSR count). The number of hydrogen-bond acceptors (Lipinski definition) is 4. The molecule has 2 aromatic rings. The molecule has 0 amide bonds. The molecule has 0 aliphatic rings. The summed E-state index contributed by atoms with van der Waals surface area (Å²) in [6, 6.07) is 6.28. The van der Waals surface area contributed by atoms with E-state index in [9.17, 15) is 0 Å². The number of hydrazine groups is 1. The third kappa shape index (κ3) is 3.19. The van der Waals surface area contributed by atoms with Crippen molar-refractivity contribution >= 4 is 0 Å². The molecular weight excluding hydrogens is 238 g/mol. The van der Waals surface area contributed by atoms with Gasteiger partial charge in [0.15, 0.2) is 0 Å². The summed E-state index contributed by atoms with van der Waals surface area (Å²) in [5, 5.41) is 4.17. The Bertz CT molecular complexity index is 547. The second-order valence-electron chi connectivity index (χ2n) is 4.83. The van der Waals surface area contributed by atoms with Crippen molar-refractivity contribution in [2.75, 3.05) is 0 Å². The van der Waals surface area contributed by atoms with Gasteiger partial charge in [-0.05, 0) is 44.4 Å². The van der Waals surface area contributed by atoms with Gasteiger partial charge >= 0.3 is 0 Å². The molecule has 2 aromatic heterocycles. The van der Waals surface area contributed by atoms with Gasteiger partial charge in [0, 0.05) is 36.4 Å². The van der Waals surface area contributed by atoms with Crippen LogP contribution in [0, 0.1) is 13.8 Å². The minimum absolute atomic E-state index is 0.114. The highest BCUT2D eigenvalue weighted by Crippen LogP contribution is 2.21. The van der Waals surface area contributed by atoms with E-state index >= 15 is 0 Å². The van der Waals surface area contributed by atoms with Crippen molar-refractivity contribution in [2.24, 2.45) is 12.9 Å². The van der Waals surface area contributed by atoms with E-state index in [1.807, 2.05) is 43.9 Å². The first-order valence-corrected chi connectivity index (χ1v) is 6.49. The lowest BCUT2D eigenvalue weighted by Gasteiger charge is -2.18. The zero-order valence-electron chi connectivity index (χ0n) is 11.7. The molecule has 0 aliphatic carbocycles. The van der Waals surface area contributed by atoms with Crippen molar-refractivity contribution in [1.29, 1.82) is 0 Å². The van der Waals surface area contributed by atoms with Gasteiger partial charge in [0.1, 0.15) is 0 Å². The van der Waals surface area contributed by atoms with Gasteiger partial charge in [-0.2, -0.15) is 5.10 Å². The lowest BCUT2D eigenvalue weighted by molar-refractivity contribution is 0.503. The highest BCUT2D eigenvalue weighted by atomic mass is 15.3. The van der Waals surface area contributed by atoms with Crippen molar-refractivity contribution in [3.8, 4) is 0 Å². The number of hydrogen-bond donors (Lipinski definition) is 2. The molecule has 0 aromatic carbocycles. The Balaban J connectivity index is 2.10. The Hall–Kier alpha value is -1.72. The predicted molar refractivity (Wildman–Crippen MR) is 75.3 cm³/mol. The van der Waals surface area contributed by atoms with Crippen LogP contribution in [0.3, 0.4) is 0 Å². The number of rotatable bonds is 5. The quantitative estimate of drug-likeness (QED) is 0.631. The molecule has 0 saturated carbocycles. The average molecular weight is 259 g/mol. The van der Waals surface area contributed by atoms with E-state index in [1.54, 1.807) is 0 Å². The predicted octanol–water partition coefficient (Wildman–Crippen LogP) is 1.57. The fourth-order valence-electron chi connectivity index (χ4n) is 2.33. The Kier molecular flexibility index (Phi) is 4.29. The zero-order chi connectivity index (χ0) is 13.8. The molecule has 1 atom stereocenters. The number of aromatic nitrogens is 3. The maximum atomic E-state index is 5.69. The number of nitrogens with zero attached hydrogens (tertiary/aromatic N) is 3. The first kappa shape index (κ1) is 13.7. The standard InChI is InChI=1S/C14H21N5/c1-10-4-6-13(11(2)17-10)14(18-15)7-5-12-8-9-16-19(12)3/h4,6,8-9,14,18H,5,7,15H2,1-3H3. The van der Waals surface area contributed by atoms with E-state index in [4.69, 9.17) is 5.84 Å². The minimum Gasteiger partial charge on any atom is -0.273 e. The monoisotopic (exact) mass is 259 g/mol. The van der Waals surface area contributed by atoms with E-state index in [0.29, 0.717) is 0 Å². The summed E-state index contributed by atoms with van der Waals surface area (Å²) in [6.07, 6.45) is 3.67. The van der Waals surface area contributed by atoms with Crippen molar-refractivity contribution < 1.29 is 0 Å². The van der Waals surface area contributed by atoms with Gasteiger partial charge in [-0.15, -0.1) is 0 Å². The van der Waals surface area contributed by atoms with Gasteiger partial charge in [0.2, 0.25) is 0 Å². The fourth-order valence-corrected chi connectivity index (χ4v) is 2.33. The largest absolute Gasteiger partial charge is 0.273 e. The summed E-state index contributed by atoms with van der Waals surface area (Å²) in [6.45, 7) is 4.02. The molecule has 0 bridgehead atoms. The molecule has 0 radical (unpaired) electrons. The third-order valence-corrected chi connectivity index (χ3v) is 3.45. The zero-order valence-corrected chi connectivity index (χ0v) is 11.7. The van der Waals surface area contributed by atoms with Gasteiger partial charge in [0.05, 0.1) is 0 Å². The van der Waals surface area contributed by atoms with Crippen LogP contribution in [-0.2, 0) is 13.5 Å². The molecule has 2 heterocycles. The van der Waals surface area contributed by atoms with E-state index < -0.39 is 0 Å². The summed E-state index contributed by atoms with van der Waals surface area (Å²) in [4.78, 5) is 4.49. The highest BCUT2D eigenvalue weighted by Gasteiger charge is 2.14. The van der Waals surface area contributed by atoms with E-state index in [-0.39, 0.29) is 6.04 Å². The first-order valence-electron chi connectivity index (χ1n) is 6.49. The van der Waals surface area contributed by atoms with Gasteiger partial charge in [-0.3, -0.25) is 20.9 Å². The Morgan fingerprint density at radius 2 is 2.11 bits per heavy atom. The van der Waals surface area contributed by atoms with Crippen LogP contribution in [0.1, 0.15) is 35.1 Å². The summed E-state index contributed by atoms with van der Waals surface area (Å²) in [5.74, 6) is 5.69. The third-order valence-electron chi connectivity index (χ3n) is 3.45.